The summed E-state index contributed by atoms with van der Waals surface area (Å²) in [5.41, 5.74) is -4.79. The molecule has 428 valence electrons. The van der Waals surface area contributed by atoms with Crippen molar-refractivity contribution in [1.82, 2.24) is 0 Å². The molecule has 0 aromatic carbocycles. The summed E-state index contributed by atoms with van der Waals surface area (Å²) in [6.07, 6.45) is 8.66. The van der Waals surface area contributed by atoms with E-state index in [0.29, 0.717) is 60.7 Å². The summed E-state index contributed by atoms with van der Waals surface area (Å²) < 4.78 is 66.6. The molecule has 11 fully saturated rings. The van der Waals surface area contributed by atoms with Gasteiger partial charge in [-0.25, -0.2) is 0 Å². The van der Waals surface area contributed by atoms with Crippen LogP contribution in [0.25, 0.3) is 0 Å². The smallest absolute Gasteiger partial charge is 0.416 e. The molecular weight excluding hydrogens is 970 g/mol. The predicted octanol–water partition coefficient (Wildman–Crippen LogP) is 11.9. The van der Waals surface area contributed by atoms with Gasteiger partial charge in [-0.05, 0) is 211 Å². The Hall–Kier alpha value is -2.94. The maximum absolute atomic E-state index is 12.9. The van der Waals surface area contributed by atoms with Crippen LogP contribution in [0.15, 0.2) is 0 Å². The third-order valence-electron chi connectivity index (χ3n) is 20.9. The first kappa shape index (κ1) is 59.7. The second kappa shape index (κ2) is 21.6. The summed E-state index contributed by atoms with van der Waals surface area (Å²) in [6, 6.07) is 0. The Balaban J connectivity index is 0.000000147. The van der Waals surface area contributed by atoms with E-state index in [-0.39, 0.29) is 95.4 Å². The number of alkyl halides is 3. The maximum atomic E-state index is 12.9. The van der Waals surface area contributed by atoms with Crippen LogP contribution in [-0.2, 0) is 47.7 Å². The molecule has 18 unspecified atom stereocenters. The van der Waals surface area contributed by atoms with Crippen molar-refractivity contribution in [3.05, 3.63) is 0 Å². The monoisotopic (exact) mass is 1060 g/mol. The Morgan fingerprint density at radius 3 is 1.84 bits per heavy atom. The number of aliphatic hydroxyl groups is 2. The van der Waals surface area contributed by atoms with Crippen molar-refractivity contribution >= 4 is 29.8 Å². The first-order valence-electron chi connectivity index (χ1n) is 29.1. The van der Waals surface area contributed by atoms with Crippen LogP contribution in [0.5, 0.6) is 0 Å². The number of carbonyl (C=O) groups is 5. The molecule has 1 saturated heterocycles. The number of hydrogen-bond donors (Lipinski definition) is 2. The fourth-order valence-corrected chi connectivity index (χ4v) is 15.7. The molecule has 75 heavy (non-hydrogen) atoms. The second-order valence-electron chi connectivity index (χ2n) is 28.5. The SMILES string of the molecule is CC1C2CC(C(=O)OC(C)(C)C)C(C2)C1C.CCC(C)(C)C(=O)OC12CC3CC(CC(O)(C3)C1)C2.CCC(C)(C)C(=O)OC1C2CC3C(=O)OC1C3C2.CCC(C)C(=O)OC1CC2CC(CC(C)(O)C(F)(F)F)C1C2. The molecule has 0 radical (unpaired) electrons. The van der Waals surface area contributed by atoms with Crippen molar-refractivity contribution in [3.63, 3.8) is 0 Å². The van der Waals surface area contributed by atoms with E-state index >= 15 is 0 Å². The van der Waals surface area contributed by atoms with E-state index in [9.17, 15) is 47.4 Å². The van der Waals surface area contributed by atoms with Gasteiger partial charge in [-0.1, -0.05) is 41.5 Å². The van der Waals surface area contributed by atoms with Crippen LogP contribution in [0.2, 0.25) is 0 Å². The average Bonchev–Trinajstić information content (AvgIpc) is 4.17. The van der Waals surface area contributed by atoms with Gasteiger partial charge < -0.3 is 33.9 Å². The zero-order valence-corrected chi connectivity index (χ0v) is 47.9. The lowest BCUT2D eigenvalue weighted by molar-refractivity contribution is -0.260. The van der Waals surface area contributed by atoms with Gasteiger partial charge in [-0.3, -0.25) is 24.0 Å². The predicted molar refractivity (Wildman–Crippen MR) is 275 cm³/mol. The van der Waals surface area contributed by atoms with Gasteiger partial charge in [-0.15, -0.1) is 0 Å². The summed E-state index contributed by atoms with van der Waals surface area (Å²) >= 11 is 0. The van der Waals surface area contributed by atoms with Gasteiger partial charge in [0.25, 0.3) is 0 Å². The standard InChI is InChI=1S/C16H25F3O3.C16H26O3.C14H20O4.C14H24O2/c1-4-9(2)14(20)22-13-7-10-5-11(12(13)6-10)8-15(3,21)16(17,18)19;1-4-14(2,3)13(17)19-16-8-11-5-12(9-16)7-15(18,6-11)10-16;1-4-14(2,3)13(16)18-10-7-5-8-9(6-7)12(15)17-11(8)10;1-8-9(2)11-6-10(8)7-12(11)13(15)16-14(3,4)5/h9-13,21H,4-8H2,1-3H3;11-12,18H,4-10H2,1-3H3;7-11H,4-6H2,1-3H3;8-12H,6-7H2,1-5H3. The van der Waals surface area contributed by atoms with Gasteiger partial charge in [0.05, 0.1) is 34.2 Å². The van der Waals surface area contributed by atoms with Crippen molar-refractivity contribution < 1.29 is 71.0 Å². The average molecular weight is 1070 g/mol. The highest BCUT2D eigenvalue weighted by Crippen LogP contribution is 2.60. The van der Waals surface area contributed by atoms with Crippen LogP contribution in [0, 0.1) is 93.7 Å². The highest BCUT2D eigenvalue weighted by atomic mass is 19.4. The molecule has 10 bridgehead atoms. The van der Waals surface area contributed by atoms with Crippen LogP contribution in [0.3, 0.4) is 0 Å². The first-order valence-corrected chi connectivity index (χ1v) is 29.1. The molecule has 12 nitrogen and oxygen atoms in total. The number of rotatable bonds is 12. The quantitative estimate of drug-likeness (QED) is 0.140. The van der Waals surface area contributed by atoms with E-state index in [4.69, 9.17) is 23.7 Å². The lowest BCUT2D eigenvalue weighted by atomic mass is 9.52. The third-order valence-corrected chi connectivity index (χ3v) is 20.9. The molecule has 2 N–H and O–H groups in total. The van der Waals surface area contributed by atoms with Crippen LogP contribution in [0.4, 0.5) is 13.2 Å². The molecular formula is C60H95F3O12. The molecule has 0 amide bonds. The van der Waals surface area contributed by atoms with E-state index in [0.717, 1.165) is 89.4 Å². The Morgan fingerprint density at radius 1 is 0.720 bits per heavy atom. The zero-order valence-electron chi connectivity index (χ0n) is 47.9. The molecule has 11 aliphatic rings. The van der Waals surface area contributed by atoms with Gasteiger partial charge in [-0.2, -0.15) is 13.2 Å². The van der Waals surface area contributed by atoms with Crippen molar-refractivity contribution in [3.8, 4) is 0 Å². The van der Waals surface area contributed by atoms with E-state index in [1.165, 1.54) is 12.8 Å². The number of hydrogen-bond acceptors (Lipinski definition) is 12. The zero-order chi connectivity index (χ0) is 55.8. The van der Waals surface area contributed by atoms with Crippen molar-refractivity contribution in [2.24, 2.45) is 93.7 Å². The molecule has 1 aliphatic heterocycles. The Kier molecular flexibility index (Phi) is 17.2. The van der Waals surface area contributed by atoms with E-state index < -0.39 is 28.2 Å². The van der Waals surface area contributed by atoms with E-state index in [2.05, 4.69) is 13.8 Å². The largest absolute Gasteiger partial charge is 0.462 e. The molecule has 0 spiro atoms. The number of carbonyl (C=O) groups excluding carboxylic acids is 5. The van der Waals surface area contributed by atoms with Crippen LogP contribution in [0.1, 0.15) is 206 Å². The lowest BCUT2D eigenvalue weighted by Crippen LogP contribution is -2.61. The van der Waals surface area contributed by atoms with Crippen LogP contribution < -0.4 is 0 Å². The number of ether oxygens (including phenoxy) is 5. The third kappa shape index (κ3) is 12.7. The molecule has 18 atom stereocenters. The molecule has 15 heteroatoms. The minimum Gasteiger partial charge on any atom is -0.462 e. The van der Waals surface area contributed by atoms with Gasteiger partial charge in [0.2, 0.25) is 0 Å². The molecule has 0 aromatic heterocycles. The van der Waals surface area contributed by atoms with Gasteiger partial charge in [0.1, 0.15) is 29.5 Å². The highest BCUT2D eigenvalue weighted by Gasteiger charge is 2.64. The summed E-state index contributed by atoms with van der Waals surface area (Å²) in [7, 11) is 0. The normalized spacial score (nSPS) is 40.5. The minimum atomic E-state index is -4.63. The maximum Gasteiger partial charge on any atom is 0.416 e. The van der Waals surface area contributed by atoms with Crippen LogP contribution in [-0.4, -0.2) is 87.0 Å². The first-order chi connectivity index (χ1) is 34.5. The molecule has 10 aliphatic carbocycles. The molecule has 1 heterocycles. The second-order valence-corrected chi connectivity index (χ2v) is 28.5. The van der Waals surface area contributed by atoms with Crippen molar-refractivity contribution in [1.29, 1.82) is 0 Å². The number of halogens is 3. The fourth-order valence-electron chi connectivity index (χ4n) is 15.7. The Morgan fingerprint density at radius 2 is 1.32 bits per heavy atom. The van der Waals surface area contributed by atoms with Crippen molar-refractivity contribution in [2.45, 2.75) is 253 Å². The van der Waals surface area contributed by atoms with Gasteiger partial charge >= 0.3 is 36.0 Å². The van der Waals surface area contributed by atoms with E-state index in [1.54, 1.807) is 6.92 Å². The highest BCUT2D eigenvalue weighted by molar-refractivity contribution is 5.79. The summed E-state index contributed by atoms with van der Waals surface area (Å²) in [4.78, 5) is 60.1. The molecule has 10 saturated carbocycles. The number of fused-ring (bicyclic) bond motifs is 5. The lowest BCUT2D eigenvalue weighted by Gasteiger charge is -2.59. The van der Waals surface area contributed by atoms with Crippen molar-refractivity contribution in [2.75, 3.05) is 0 Å². The Bertz CT molecular complexity index is 2080. The Labute approximate surface area is 446 Å². The topological polar surface area (TPSA) is 172 Å². The van der Waals surface area contributed by atoms with Gasteiger partial charge in [0, 0.05) is 18.3 Å². The number of esters is 5. The fraction of sp³-hybridized carbons (Fsp3) is 0.917. The summed E-state index contributed by atoms with van der Waals surface area (Å²) in [6.45, 7) is 26.7. The summed E-state index contributed by atoms with van der Waals surface area (Å²) in [5, 5.41) is 20.4. The van der Waals surface area contributed by atoms with E-state index in [1.807, 2.05) is 69.2 Å². The minimum absolute atomic E-state index is 0.0405. The summed E-state index contributed by atoms with van der Waals surface area (Å²) in [5.74, 6) is 4.12. The van der Waals surface area contributed by atoms with Crippen LogP contribution >= 0.6 is 0 Å². The molecule has 11 rings (SSSR count). The van der Waals surface area contributed by atoms with Gasteiger partial charge in [0.15, 0.2) is 5.60 Å². The molecule has 0 aromatic rings.